The molecule has 0 saturated heterocycles. The van der Waals surface area contributed by atoms with E-state index in [0.29, 0.717) is 12.3 Å². The third-order valence-corrected chi connectivity index (χ3v) is 3.81. The molecule has 1 heterocycles. The quantitative estimate of drug-likeness (QED) is 0.841. The van der Waals surface area contributed by atoms with Crippen LogP contribution in [0.5, 0.6) is 11.5 Å². The Labute approximate surface area is 152 Å². The number of rotatable bonds is 5. The molecule has 0 radical (unpaired) electrons. The highest BCUT2D eigenvalue weighted by Crippen LogP contribution is 2.32. The first-order valence-electron chi connectivity index (χ1n) is 8.19. The van der Waals surface area contributed by atoms with Gasteiger partial charge >= 0.3 is 5.97 Å². The lowest BCUT2D eigenvalue weighted by Gasteiger charge is -2.11. The summed E-state index contributed by atoms with van der Waals surface area (Å²) in [6, 6.07) is 15.4. The van der Waals surface area contributed by atoms with Gasteiger partial charge in [0.25, 0.3) is 0 Å². The number of aliphatic carboxylic acids is 1. The van der Waals surface area contributed by atoms with Crippen molar-refractivity contribution in [2.24, 2.45) is 0 Å². The third kappa shape index (κ3) is 4.65. The normalized spacial score (nSPS) is 12.6. The fourth-order valence-electron chi connectivity index (χ4n) is 2.52. The second-order valence-electron chi connectivity index (χ2n) is 5.89. The number of fused-ring (bicyclic) bond motifs is 1. The van der Waals surface area contributed by atoms with Crippen LogP contribution in [-0.4, -0.2) is 42.9 Å². The molecule has 0 fully saturated rings. The minimum atomic E-state index is -0.853. The number of ether oxygens (including phenoxy) is 2. The van der Waals surface area contributed by atoms with E-state index in [2.05, 4.69) is 11.8 Å². The fraction of sp³-hybridized carbons (Fsp3) is 0.190. The van der Waals surface area contributed by atoms with Gasteiger partial charge in [-0.2, -0.15) is 0 Å². The molecule has 0 bridgehead atoms. The van der Waals surface area contributed by atoms with Crippen LogP contribution in [0.2, 0.25) is 0 Å². The molecule has 2 aromatic carbocycles. The van der Waals surface area contributed by atoms with E-state index in [1.165, 1.54) is 0 Å². The van der Waals surface area contributed by atoms with Crippen LogP contribution in [0, 0.1) is 11.8 Å². The number of hydrogen-bond acceptors (Lipinski definition) is 4. The van der Waals surface area contributed by atoms with E-state index in [1.807, 2.05) is 54.6 Å². The molecule has 5 nitrogen and oxygen atoms in total. The van der Waals surface area contributed by atoms with E-state index in [-0.39, 0.29) is 13.3 Å². The molecule has 1 aliphatic rings. The van der Waals surface area contributed by atoms with Gasteiger partial charge in [0.2, 0.25) is 6.79 Å². The molecule has 0 amide bonds. The van der Waals surface area contributed by atoms with Crippen molar-refractivity contribution in [3.8, 4) is 23.3 Å². The van der Waals surface area contributed by atoms with Gasteiger partial charge in [0.15, 0.2) is 11.5 Å². The Morgan fingerprint density at radius 3 is 2.73 bits per heavy atom. The summed E-state index contributed by atoms with van der Waals surface area (Å²) in [7, 11) is 1.76. The number of carboxylic acid groups (broad SMARTS) is 1. The summed E-state index contributed by atoms with van der Waals surface area (Å²) in [6.45, 7) is 0.706. The summed E-state index contributed by atoms with van der Waals surface area (Å²) < 4.78 is 10.7. The Morgan fingerprint density at radius 1 is 1.19 bits per heavy atom. The van der Waals surface area contributed by atoms with Crippen LogP contribution in [0.3, 0.4) is 0 Å². The number of carbonyl (C=O) groups is 1. The van der Waals surface area contributed by atoms with Gasteiger partial charge in [-0.15, -0.1) is 0 Å². The van der Waals surface area contributed by atoms with Crippen molar-refractivity contribution in [3.63, 3.8) is 0 Å². The summed E-state index contributed by atoms with van der Waals surface area (Å²) in [5.41, 5.74) is 2.67. The topological polar surface area (TPSA) is 59.0 Å². The van der Waals surface area contributed by atoms with Crippen molar-refractivity contribution in [2.45, 2.75) is 0 Å². The first-order chi connectivity index (χ1) is 12.6. The highest BCUT2D eigenvalue weighted by atomic mass is 16.7. The van der Waals surface area contributed by atoms with Gasteiger partial charge in [0, 0.05) is 17.7 Å². The van der Waals surface area contributed by atoms with Gasteiger partial charge in [0.1, 0.15) is 0 Å². The van der Waals surface area contributed by atoms with E-state index in [9.17, 15) is 4.79 Å². The molecule has 5 heteroatoms. The van der Waals surface area contributed by atoms with Crippen LogP contribution in [0.25, 0.3) is 5.57 Å². The number of likely N-dealkylation sites (N-methyl/N-ethyl adjacent to an activating group) is 1. The average Bonchev–Trinajstić information content (AvgIpc) is 3.09. The van der Waals surface area contributed by atoms with Crippen molar-refractivity contribution in [1.29, 1.82) is 0 Å². The zero-order valence-electron chi connectivity index (χ0n) is 14.4. The van der Waals surface area contributed by atoms with Gasteiger partial charge in [-0.1, -0.05) is 48.2 Å². The van der Waals surface area contributed by atoms with Crippen molar-refractivity contribution in [3.05, 3.63) is 65.7 Å². The highest BCUT2D eigenvalue weighted by Gasteiger charge is 2.12. The van der Waals surface area contributed by atoms with Gasteiger partial charge < -0.3 is 14.6 Å². The molecule has 132 valence electrons. The molecule has 2 aromatic rings. The summed E-state index contributed by atoms with van der Waals surface area (Å²) in [5.74, 6) is 6.91. The fourth-order valence-corrected chi connectivity index (χ4v) is 2.52. The Bertz CT molecular complexity index is 878. The Hall–Kier alpha value is -3.23. The maximum atomic E-state index is 10.8. The molecule has 26 heavy (non-hydrogen) atoms. The standard InChI is InChI=1S/C21H19NO4/c1-22(14-21(23)24)12-11-18(17-5-3-2-4-6-17)9-7-16-8-10-19-20(13-16)26-15-25-19/h2-6,8,10-11,13H,12,14-15H2,1H3,(H,23,24)/b18-11-. The lowest BCUT2D eigenvalue weighted by atomic mass is 10.1. The average molecular weight is 349 g/mol. The monoisotopic (exact) mass is 349 g/mol. The first kappa shape index (κ1) is 17.6. The predicted molar refractivity (Wildman–Crippen MR) is 99.0 cm³/mol. The van der Waals surface area contributed by atoms with Crippen LogP contribution in [-0.2, 0) is 4.79 Å². The molecule has 0 unspecified atom stereocenters. The van der Waals surface area contributed by atoms with E-state index in [4.69, 9.17) is 14.6 Å². The van der Waals surface area contributed by atoms with E-state index < -0.39 is 5.97 Å². The molecule has 3 rings (SSSR count). The molecule has 0 spiro atoms. The third-order valence-electron chi connectivity index (χ3n) is 3.81. The Balaban J connectivity index is 1.84. The van der Waals surface area contributed by atoms with Crippen LogP contribution < -0.4 is 9.47 Å². The van der Waals surface area contributed by atoms with Crippen LogP contribution in [0.15, 0.2) is 54.6 Å². The van der Waals surface area contributed by atoms with Gasteiger partial charge in [-0.05, 0) is 30.8 Å². The van der Waals surface area contributed by atoms with Gasteiger partial charge in [-0.3, -0.25) is 9.69 Å². The Morgan fingerprint density at radius 2 is 1.96 bits per heavy atom. The number of benzene rings is 2. The summed E-state index contributed by atoms with van der Waals surface area (Å²) in [5, 5.41) is 8.88. The highest BCUT2D eigenvalue weighted by molar-refractivity contribution is 5.80. The van der Waals surface area contributed by atoms with Crippen LogP contribution in [0.4, 0.5) is 0 Å². The van der Waals surface area contributed by atoms with Gasteiger partial charge in [-0.25, -0.2) is 0 Å². The van der Waals surface area contributed by atoms with Crippen LogP contribution >= 0.6 is 0 Å². The summed E-state index contributed by atoms with van der Waals surface area (Å²) in [6.07, 6.45) is 1.94. The number of allylic oxidation sites excluding steroid dienone is 1. The first-order valence-corrected chi connectivity index (χ1v) is 8.19. The van der Waals surface area contributed by atoms with E-state index in [0.717, 1.165) is 22.4 Å². The van der Waals surface area contributed by atoms with Crippen molar-refractivity contribution >= 4 is 11.5 Å². The van der Waals surface area contributed by atoms with E-state index in [1.54, 1.807) is 11.9 Å². The molecule has 0 aromatic heterocycles. The van der Waals surface area contributed by atoms with Crippen molar-refractivity contribution in [2.75, 3.05) is 26.9 Å². The van der Waals surface area contributed by atoms with E-state index >= 15 is 0 Å². The maximum Gasteiger partial charge on any atom is 0.317 e. The zero-order valence-corrected chi connectivity index (χ0v) is 14.4. The second kappa shape index (κ2) is 8.24. The minimum absolute atomic E-state index is 0.0197. The summed E-state index contributed by atoms with van der Waals surface area (Å²) >= 11 is 0. The predicted octanol–water partition coefficient (Wildman–Crippen LogP) is 2.87. The number of hydrogen-bond donors (Lipinski definition) is 1. The molecule has 0 atom stereocenters. The lowest BCUT2D eigenvalue weighted by molar-refractivity contribution is -0.137. The molecule has 1 N–H and O–H groups in total. The minimum Gasteiger partial charge on any atom is -0.480 e. The summed E-state index contributed by atoms with van der Waals surface area (Å²) in [4.78, 5) is 12.5. The molecular weight excluding hydrogens is 330 g/mol. The zero-order chi connectivity index (χ0) is 18.4. The smallest absolute Gasteiger partial charge is 0.317 e. The lowest BCUT2D eigenvalue weighted by Crippen LogP contribution is -2.25. The SMILES string of the molecule is CN(C/C=C(/C#Cc1ccc2c(c1)OCO2)c1ccccc1)CC(=O)O. The van der Waals surface area contributed by atoms with Crippen molar-refractivity contribution in [1.82, 2.24) is 4.90 Å². The number of nitrogens with zero attached hydrogens (tertiary/aromatic N) is 1. The Kier molecular flexibility index (Phi) is 5.57. The second-order valence-corrected chi connectivity index (χ2v) is 5.89. The number of carboxylic acids is 1. The molecule has 0 aliphatic carbocycles. The van der Waals surface area contributed by atoms with Crippen molar-refractivity contribution < 1.29 is 19.4 Å². The molecule has 0 saturated carbocycles. The molecular formula is C21H19NO4. The molecule has 1 aliphatic heterocycles. The maximum absolute atomic E-state index is 10.8. The van der Waals surface area contributed by atoms with Gasteiger partial charge in [0.05, 0.1) is 6.54 Å². The largest absolute Gasteiger partial charge is 0.480 e. The van der Waals surface area contributed by atoms with Crippen LogP contribution in [0.1, 0.15) is 11.1 Å².